The van der Waals surface area contributed by atoms with Gasteiger partial charge in [0.2, 0.25) is 0 Å². The molecule has 0 heterocycles. The quantitative estimate of drug-likeness (QED) is 0.600. The van der Waals surface area contributed by atoms with E-state index in [-0.39, 0.29) is 0 Å². The fraction of sp³-hybridized carbons (Fsp3) is 0.385. The first-order chi connectivity index (χ1) is 6.34. The Bertz CT molecular complexity index is 271. The summed E-state index contributed by atoms with van der Waals surface area (Å²) in [6, 6.07) is 8.49. The van der Waals surface area contributed by atoms with Gasteiger partial charge >= 0.3 is 0 Å². The molecular formula is C13H18. The average molecular weight is 174 g/mol. The Kier molecular flexibility index (Phi) is 4.31. The molecule has 0 unspecified atom stereocenters. The van der Waals surface area contributed by atoms with Crippen LogP contribution in [0.25, 0.3) is 6.08 Å². The predicted molar refractivity (Wildman–Crippen MR) is 59.7 cm³/mol. The summed E-state index contributed by atoms with van der Waals surface area (Å²) >= 11 is 0. The van der Waals surface area contributed by atoms with Crippen LogP contribution in [0.5, 0.6) is 0 Å². The van der Waals surface area contributed by atoms with Crippen molar-refractivity contribution in [2.45, 2.75) is 33.1 Å². The van der Waals surface area contributed by atoms with E-state index in [4.69, 9.17) is 0 Å². The van der Waals surface area contributed by atoms with Crippen LogP contribution in [0.4, 0.5) is 0 Å². The lowest BCUT2D eigenvalue weighted by molar-refractivity contribution is 0.816. The Hall–Kier alpha value is -1.04. The van der Waals surface area contributed by atoms with Crippen molar-refractivity contribution in [1.29, 1.82) is 0 Å². The molecule has 0 N–H and O–H groups in total. The van der Waals surface area contributed by atoms with Crippen molar-refractivity contribution in [2.24, 2.45) is 0 Å². The molecule has 1 rings (SSSR count). The molecule has 0 radical (unpaired) electrons. The minimum atomic E-state index is 1.20. The summed E-state index contributed by atoms with van der Waals surface area (Å²) in [6.07, 6.45) is 8.27. The van der Waals surface area contributed by atoms with Crippen molar-refractivity contribution in [2.75, 3.05) is 0 Å². The van der Waals surface area contributed by atoms with Crippen LogP contribution in [-0.2, 0) is 0 Å². The third kappa shape index (κ3) is 3.45. The van der Waals surface area contributed by atoms with Crippen LogP contribution in [0.3, 0.4) is 0 Å². The summed E-state index contributed by atoms with van der Waals surface area (Å²) in [4.78, 5) is 0. The third-order valence-corrected chi connectivity index (χ3v) is 2.21. The highest BCUT2D eigenvalue weighted by Crippen LogP contribution is 2.09. The Morgan fingerprint density at radius 2 is 2.00 bits per heavy atom. The molecule has 0 aliphatic carbocycles. The van der Waals surface area contributed by atoms with Crippen LogP contribution in [0, 0.1) is 6.92 Å². The molecule has 0 fully saturated rings. The second-order valence-corrected chi connectivity index (χ2v) is 3.40. The van der Waals surface area contributed by atoms with E-state index in [1.165, 1.54) is 30.4 Å². The Balaban J connectivity index is 2.53. The van der Waals surface area contributed by atoms with Crippen molar-refractivity contribution in [3.63, 3.8) is 0 Å². The minimum absolute atomic E-state index is 1.20. The fourth-order valence-electron chi connectivity index (χ4n) is 1.31. The number of rotatable bonds is 4. The standard InChI is InChI=1S/C13H18/c1-3-4-5-6-10-13-11-8-7-9-12(13)2/h6-11H,3-5H2,1-2H3/b10-6+. The summed E-state index contributed by atoms with van der Waals surface area (Å²) < 4.78 is 0. The maximum atomic E-state index is 2.27. The van der Waals surface area contributed by atoms with Gasteiger partial charge < -0.3 is 0 Å². The van der Waals surface area contributed by atoms with E-state index < -0.39 is 0 Å². The number of allylic oxidation sites excluding steroid dienone is 1. The molecule has 0 amide bonds. The second-order valence-electron chi connectivity index (χ2n) is 3.40. The highest BCUT2D eigenvalue weighted by molar-refractivity contribution is 5.53. The molecule has 1 aromatic carbocycles. The molecule has 0 heteroatoms. The van der Waals surface area contributed by atoms with Gasteiger partial charge in [-0.05, 0) is 24.5 Å². The largest absolute Gasteiger partial charge is 0.0839 e. The Morgan fingerprint density at radius 3 is 2.69 bits per heavy atom. The third-order valence-electron chi connectivity index (χ3n) is 2.21. The van der Waals surface area contributed by atoms with Crippen LogP contribution in [0.15, 0.2) is 30.3 Å². The molecule has 70 valence electrons. The van der Waals surface area contributed by atoms with Crippen LogP contribution < -0.4 is 0 Å². The molecular weight excluding hydrogens is 156 g/mol. The van der Waals surface area contributed by atoms with Crippen LogP contribution in [0.1, 0.15) is 37.3 Å². The molecule has 13 heavy (non-hydrogen) atoms. The van der Waals surface area contributed by atoms with Gasteiger partial charge in [-0.25, -0.2) is 0 Å². The Labute approximate surface area is 81.3 Å². The first-order valence-corrected chi connectivity index (χ1v) is 5.06. The summed E-state index contributed by atoms with van der Waals surface area (Å²) in [6.45, 7) is 4.38. The Morgan fingerprint density at radius 1 is 1.23 bits per heavy atom. The van der Waals surface area contributed by atoms with Crippen molar-refractivity contribution in [3.8, 4) is 0 Å². The van der Waals surface area contributed by atoms with Crippen molar-refractivity contribution < 1.29 is 0 Å². The molecule has 0 spiro atoms. The van der Waals surface area contributed by atoms with Gasteiger partial charge in [0.05, 0.1) is 0 Å². The highest BCUT2D eigenvalue weighted by Gasteiger charge is 1.89. The zero-order valence-electron chi connectivity index (χ0n) is 8.59. The number of benzene rings is 1. The van der Waals surface area contributed by atoms with Crippen molar-refractivity contribution in [3.05, 3.63) is 41.5 Å². The van der Waals surface area contributed by atoms with Gasteiger partial charge in [-0.2, -0.15) is 0 Å². The van der Waals surface area contributed by atoms with E-state index in [1.807, 2.05) is 0 Å². The molecule has 0 bridgehead atoms. The van der Waals surface area contributed by atoms with E-state index in [2.05, 4.69) is 50.3 Å². The highest BCUT2D eigenvalue weighted by atomic mass is 13.9. The number of aryl methyl sites for hydroxylation is 1. The van der Waals surface area contributed by atoms with E-state index in [0.717, 1.165) is 0 Å². The van der Waals surface area contributed by atoms with Gasteiger partial charge in [-0.1, -0.05) is 56.2 Å². The van der Waals surface area contributed by atoms with Gasteiger partial charge in [0, 0.05) is 0 Å². The molecule has 0 aromatic heterocycles. The SMILES string of the molecule is CCCC/C=C/c1ccccc1C. The lowest BCUT2D eigenvalue weighted by Gasteiger charge is -1.97. The maximum absolute atomic E-state index is 2.27. The second kappa shape index (κ2) is 5.58. The smallest absolute Gasteiger partial charge is 0.0231 e. The van der Waals surface area contributed by atoms with Gasteiger partial charge in [0.1, 0.15) is 0 Å². The molecule has 0 aliphatic rings. The minimum Gasteiger partial charge on any atom is -0.0839 e. The van der Waals surface area contributed by atoms with Crippen LogP contribution >= 0.6 is 0 Å². The van der Waals surface area contributed by atoms with Gasteiger partial charge in [-0.15, -0.1) is 0 Å². The van der Waals surface area contributed by atoms with Crippen molar-refractivity contribution in [1.82, 2.24) is 0 Å². The first-order valence-electron chi connectivity index (χ1n) is 5.06. The van der Waals surface area contributed by atoms with E-state index >= 15 is 0 Å². The monoisotopic (exact) mass is 174 g/mol. The maximum Gasteiger partial charge on any atom is -0.0231 e. The van der Waals surface area contributed by atoms with E-state index in [9.17, 15) is 0 Å². The number of hydrogen-bond donors (Lipinski definition) is 0. The first kappa shape index (κ1) is 10.0. The predicted octanol–water partition coefficient (Wildman–Crippen LogP) is 4.20. The van der Waals surface area contributed by atoms with Gasteiger partial charge in [-0.3, -0.25) is 0 Å². The van der Waals surface area contributed by atoms with Crippen LogP contribution in [-0.4, -0.2) is 0 Å². The normalized spacial score (nSPS) is 10.9. The molecule has 0 aliphatic heterocycles. The number of hydrogen-bond acceptors (Lipinski definition) is 0. The van der Waals surface area contributed by atoms with Gasteiger partial charge in [0.25, 0.3) is 0 Å². The zero-order valence-corrected chi connectivity index (χ0v) is 8.59. The van der Waals surface area contributed by atoms with Gasteiger partial charge in [0.15, 0.2) is 0 Å². The topological polar surface area (TPSA) is 0 Å². The average Bonchev–Trinajstić information content (AvgIpc) is 2.15. The lowest BCUT2D eigenvalue weighted by Crippen LogP contribution is -1.77. The summed E-state index contributed by atoms with van der Waals surface area (Å²) in [5.74, 6) is 0. The summed E-state index contributed by atoms with van der Waals surface area (Å²) in [5, 5.41) is 0. The summed E-state index contributed by atoms with van der Waals surface area (Å²) in [7, 11) is 0. The molecule has 1 aromatic rings. The number of unbranched alkanes of at least 4 members (excludes halogenated alkanes) is 2. The van der Waals surface area contributed by atoms with E-state index in [1.54, 1.807) is 0 Å². The van der Waals surface area contributed by atoms with E-state index in [0.29, 0.717) is 0 Å². The molecule has 0 atom stereocenters. The molecule has 0 saturated carbocycles. The fourth-order valence-corrected chi connectivity index (χ4v) is 1.31. The van der Waals surface area contributed by atoms with Crippen LogP contribution in [0.2, 0.25) is 0 Å². The zero-order chi connectivity index (χ0) is 9.52. The van der Waals surface area contributed by atoms with Crippen molar-refractivity contribution >= 4 is 6.08 Å². The molecule has 0 nitrogen and oxygen atoms in total. The molecule has 0 saturated heterocycles. The lowest BCUT2D eigenvalue weighted by atomic mass is 10.1. The summed E-state index contributed by atoms with van der Waals surface area (Å²) in [5.41, 5.74) is 2.70.